The van der Waals surface area contributed by atoms with Crippen LogP contribution < -0.4 is 15.4 Å². The normalized spacial score (nSPS) is 10.7. The molecule has 144 valence electrons. The van der Waals surface area contributed by atoms with Crippen LogP contribution in [0.2, 0.25) is 10.0 Å². The van der Waals surface area contributed by atoms with E-state index in [1.165, 1.54) is 6.20 Å². The van der Waals surface area contributed by atoms with Crippen LogP contribution in [0.25, 0.3) is 0 Å². The third-order valence-corrected chi connectivity index (χ3v) is 4.60. The van der Waals surface area contributed by atoms with Gasteiger partial charge in [-0.15, -0.1) is 0 Å². The van der Waals surface area contributed by atoms with E-state index in [2.05, 4.69) is 10.6 Å². The molecule has 3 rings (SSSR count). The van der Waals surface area contributed by atoms with Crippen molar-refractivity contribution >= 4 is 40.5 Å². The number of benzene rings is 3. The van der Waals surface area contributed by atoms with Crippen LogP contribution in [0.1, 0.15) is 0 Å². The molecule has 7 heteroatoms. The number of nitrogens with zero attached hydrogens (tertiary/aromatic N) is 1. The topological polar surface area (TPSA) is 74.1 Å². The Hall–Kier alpha value is -3.46. The van der Waals surface area contributed by atoms with Crippen molar-refractivity contribution in [2.24, 2.45) is 0 Å². The molecule has 0 saturated heterocycles. The molecule has 0 heterocycles. The Balaban J connectivity index is 1.64. The maximum atomic E-state index is 12.3. The number of rotatable bonds is 6. The van der Waals surface area contributed by atoms with E-state index in [-0.39, 0.29) is 10.6 Å². The van der Waals surface area contributed by atoms with Gasteiger partial charge in [-0.05, 0) is 48.5 Å². The zero-order valence-electron chi connectivity index (χ0n) is 15.0. The summed E-state index contributed by atoms with van der Waals surface area (Å²) in [7, 11) is 0. The summed E-state index contributed by atoms with van der Waals surface area (Å²) in [4.78, 5) is 12.3. The van der Waals surface area contributed by atoms with Gasteiger partial charge in [-0.1, -0.05) is 47.5 Å². The van der Waals surface area contributed by atoms with E-state index in [0.717, 1.165) is 5.75 Å². The molecular formula is C22H15Cl2N3O2. The first kappa shape index (κ1) is 20.3. The highest BCUT2D eigenvalue weighted by molar-refractivity contribution is 6.44. The lowest BCUT2D eigenvalue weighted by Gasteiger charge is -2.08. The highest BCUT2D eigenvalue weighted by Gasteiger charge is 2.12. The molecule has 0 unspecified atom stereocenters. The maximum absolute atomic E-state index is 12.3. The molecule has 0 aromatic heterocycles. The molecule has 3 aromatic carbocycles. The molecule has 0 atom stereocenters. The predicted molar refractivity (Wildman–Crippen MR) is 115 cm³/mol. The lowest BCUT2D eigenvalue weighted by atomic mass is 10.2. The van der Waals surface area contributed by atoms with Gasteiger partial charge in [0.15, 0.2) is 0 Å². The quantitative estimate of drug-likeness (QED) is 0.363. The maximum Gasteiger partial charge on any atom is 0.267 e. The standard InChI is InChI=1S/C22H15Cl2N3O2/c23-19-7-4-8-20(21(19)24)27-22(28)15(13-25)14-26-16-9-11-18(12-10-16)29-17-5-2-1-3-6-17/h1-12,14,26H,(H,27,28)/b15-14-. The minimum atomic E-state index is -0.604. The van der Waals surface area contributed by atoms with Crippen molar-refractivity contribution in [2.75, 3.05) is 10.6 Å². The second-order valence-corrected chi connectivity index (χ2v) is 6.59. The third-order valence-electron chi connectivity index (χ3n) is 3.78. The van der Waals surface area contributed by atoms with Crippen LogP contribution in [0.5, 0.6) is 11.5 Å². The van der Waals surface area contributed by atoms with Crippen LogP contribution in [-0.4, -0.2) is 5.91 Å². The second kappa shape index (κ2) is 9.65. The fourth-order valence-electron chi connectivity index (χ4n) is 2.34. The van der Waals surface area contributed by atoms with E-state index >= 15 is 0 Å². The largest absolute Gasteiger partial charge is 0.457 e. The monoisotopic (exact) mass is 423 g/mol. The summed E-state index contributed by atoms with van der Waals surface area (Å²) in [6.45, 7) is 0. The van der Waals surface area contributed by atoms with Crippen LogP contribution in [0.15, 0.2) is 84.6 Å². The zero-order valence-corrected chi connectivity index (χ0v) is 16.5. The number of nitrogens with one attached hydrogen (secondary N) is 2. The summed E-state index contributed by atoms with van der Waals surface area (Å²) in [6.07, 6.45) is 1.32. The van der Waals surface area contributed by atoms with Crippen LogP contribution >= 0.6 is 23.2 Å². The number of carbonyl (C=O) groups excluding carboxylic acids is 1. The molecule has 0 radical (unpaired) electrons. The van der Waals surface area contributed by atoms with Crippen LogP contribution in [0.3, 0.4) is 0 Å². The van der Waals surface area contributed by atoms with E-state index in [4.69, 9.17) is 27.9 Å². The van der Waals surface area contributed by atoms with Crippen LogP contribution in [0.4, 0.5) is 11.4 Å². The number of hydrogen-bond donors (Lipinski definition) is 2. The molecule has 0 aliphatic heterocycles. The van der Waals surface area contributed by atoms with Crippen molar-refractivity contribution in [1.82, 2.24) is 0 Å². The molecule has 1 amide bonds. The molecule has 0 spiro atoms. The van der Waals surface area contributed by atoms with E-state index in [1.54, 1.807) is 42.5 Å². The van der Waals surface area contributed by atoms with E-state index < -0.39 is 5.91 Å². The highest BCUT2D eigenvalue weighted by Crippen LogP contribution is 2.29. The molecule has 2 N–H and O–H groups in total. The Morgan fingerprint density at radius 3 is 2.31 bits per heavy atom. The minimum absolute atomic E-state index is 0.120. The van der Waals surface area contributed by atoms with Crippen molar-refractivity contribution in [3.63, 3.8) is 0 Å². The second-order valence-electron chi connectivity index (χ2n) is 5.81. The summed E-state index contributed by atoms with van der Waals surface area (Å²) in [5, 5.41) is 15.3. The number of halogens is 2. The van der Waals surface area contributed by atoms with E-state index in [1.807, 2.05) is 36.4 Å². The lowest BCUT2D eigenvalue weighted by molar-refractivity contribution is -0.112. The number of ether oxygens (including phenoxy) is 1. The van der Waals surface area contributed by atoms with Crippen molar-refractivity contribution in [2.45, 2.75) is 0 Å². The summed E-state index contributed by atoms with van der Waals surface area (Å²) >= 11 is 12.0. The fourth-order valence-corrected chi connectivity index (χ4v) is 2.69. The van der Waals surface area contributed by atoms with Crippen molar-refractivity contribution < 1.29 is 9.53 Å². The summed E-state index contributed by atoms with van der Waals surface area (Å²) in [6, 6.07) is 23.2. The van der Waals surface area contributed by atoms with Gasteiger partial charge < -0.3 is 15.4 Å². The van der Waals surface area contributed by atoms with Gasteiger partial charge in [-0.25, -0.2) is 0 Å². The molecule has 0 aliphatic carbocycles. The van der Waals surface area contributed by atoms with Gasteiger partial charge in [0.25, 0.3) is 5.91 Å². The van der Waals surface area contributed by atoms with E-state index in [9.17, 15) is 10.1 Å². The van der Waals surface area contributed by atoms with Gasteiger partial charge in [-0.2, -0.15) is 5.26 Å². The first-order chi connectivity index (χ1) is 14.1. The summed E-state index contributed by atoms with van der Waals surface area (Å²) < 4.78 is 5.72. The number of amides is 1. The molecule has 0 fully saturated rings. The number of carbonyl (C=O) groups is 1. The van der Waals surface area contributed by atoms with Gasteiger partial charge in [0, 0.05) is 11.9 Å². The number of hydrogen-bond acceptors (Lipinski definition) is 4. The van der Waals surface area contributed by atoms with Gasteiger partial charge in [0.2, 0.25) is 0 Å². The molecule has 0 bridgehead atoms. The van der Waals surface area contributed by atoms with E-state index in [0.29, 0.717) is 22.1 Å². The van der Waals surface area contributed by atoms with Crippen LogP contribution in [0, 0.1) is 11.3 Å². The molecule has 0 saturated carbocycles. The number of para-hydroxylation sites is 1. The Morgan fingerprint density at radius 1 is 0.931 bits per heavy atom. The molecule has 0 aliphatic rings. The van der Waals surface area contributed by atoms with Crippen molar-refractivity contribution in [3.8, 4) is 17.6 Å². The predicted octanol–water partition coefficient (Wildman–Crippen LogP) is 6.24. The summed E-state index contributed by atoms with van der Waals surface area (Å²) in [5.74, 6) is 0.795. The van der Waals surface area contributed by atoms with Crippen molar-refractivity contribution in [1.29, 1.82) is 5.26 Å². The highest BCUT2D eigenvalue weighted by atomic mass is 35.5. The average Bonchev–Trinajstić information content (AvgIpc) is 2.74. The first-order valence-electron chi connectivity index (χ1n) is 8.52. The first-order valence-corrected chi connectivity index (χ1v) is 9.27. The Bertz CT molecular complexity index is 1080. The van der Waals surface area contributed by atoms with Gasteiger partial charge in [0.1, 0.15) is 23.1 Å². The average molecular weight is 424 g/mol. The molecule has 29 heavy (non-hydrogen) atoms. The molecular weight excluding hydrogens is 409 g/mol. The van der Waals surface area contributed by atoms with Crippen molar-refractivity contribution in [3.05, 3.63) is 94.6 Å². The molecule has 3 aromatic rings. The zero-order chi connectivity index (χ0) is 20.6. The SMILES string of the molecule is N#C/C(=C/Nc1ccc(Oc2ccccc2)cc1)C(=O)Nc1cccc(Cl)c1Cl. The van der Waals surface area contributed by atoms with Crippen LogP contribution in [-0.2, 0) is 4.79 Å². The minimum Gasteiger partial charge on any atom is -0.457 e. The smallest absolute Gasteiger partial charge is 0.267 e. The third kappa shape index (κ3) is 5.52. The molecule has 5 nitrogen and oxygen atoms in total. The van der Waals surface area contributed by atoms with Gasteiger partial charge in [-0.3, -0.25) is 4.79 Å². The number of anilines is 2. The lowest BCUT2D eigenvalue weighted by Crippen LogP contribution is -2.14. The fraction of sp³-hybridized carbons (Fsp3) is 0. The Labute approximate surface area is 178 Å². The summed E-state index contributed by atoms with van der Waals surface area (Å²) in [5.41, 5.74) is 0.894. The Kier molecular flexibility index (Phi) is 6.75. The Morgan fingerprint density at radius 2 is 1.62 bits per heavy atom. The van der Waals surface area contributed by atoms with Gasteiger partial charge in [0.05, 0.1) is 15.7 Å². The number of nitriles is 1. The van der Waals surface area contributed by atoms with Gasteiger partial charge >= 0.3 is 0 Å².